The number of alkyl halides is 3. The maximum Gasteiger partial charge on any atom is 0.573 e. The summed E-state index contributed by atoms with van der Waals surface area (Å²) >= 11 is 0. The van der Waals surface area contributed by atoms with Crippen LogP contribution >= 0.6 is 0 Å². The van der Waals surface area contributed by atoms with E-state index < -0.39 is 12.1 Å². The molecule has 0 bridgehead atoms. The topological polar surface area (TPSA) is 59.0 Å². The molecule has 3 nitrogen and oxygen atoms in total. The van der Waals surface area contributed by atoms with E-state index in [0.717, 1.165) is 6.07 Å². The molecule has 0 saturated carbocycles. The monoisotopic (exact) mass is 216 g/mol. The first-order valence-electron chi connectivity index (χ1n) is 3.93. The van der Waals surface area contributed by atoms with Crippen molar-refractivity contribution in [1.29, 1.82) is 5.26 Å². The second kappa shape index (κ2) is 4.09. The number of halogens is 3. The van der Waals surface area contributed by atoms with Crippen LogP contribution in [0.3, 0.4) is 0 Å². The summed E-state index contributed by atoms with van der Waals surface area (Å²) in [5, 5.41) is 8.39. The van der Waals surface area contributed by atoms with Crippen molar-refractivity contribution in [2.24, 2.45) is 0 Å². The zero-order chi connectivity index (χ0) is 11.5. The highest BCUT2D eigenvalue weighted by Gasteiger charge is 2.32. The molecule has 0 aliphatic heterocycles. The van der Waals surface area contributed by atoms with Crippen molar-refractivity contribution in [1.82, 2.24) is 0 Å². The minimum Gasteiger partial charge on any atom is -0.405 e. The lowest BCUT2D eigenvalue weighted by Crippen LogP contribution is -2.18. The molecular formula is C9H7F3N2O. The molecule has 0 aromatic heterocycles. The number of nitrogens with zero attached hydrogens (tertiary/aromatic N) is 1. The third-order valence-electron chi connectivity index (χ3n) is 1.59. The van der Waals surface area contributed by atoms with Gasteiger partial charge in [-0.2, -0.15) is 5.26 Å². The van der Waals surface area contributed by atoms with Crippen molar-refractivity contribution in [3.05, 3.63) is 23.8 Å². The Morgan fingerprint density at radius 1 is 1.40 bits per heavy atom. The van der Waals surface area contributed by atoms with Gasteiger partial charge in [-0.1, -0.05) is 6.07 Å². The fourth-order valence-corrected chi connectivity index (χ4v) is 1.02. The van der Waals surface area contributed by atoms with Gasteiger partial charge in [0.25, 0.3) is 0 Å². The molecule has 1 aromatic carbocycles. The Labute approximate surface area is 83.9 Å². The molecule has 0 aliphatic carbocycles. The highest BCUT2D eigenvalue weighted by atomic mass is 19.4. The molecule has 80 valence electrons. The van der Waals surface area contributed by atoms with Crippen LogP contribution in [0.2, 0.25) is 0 Å². The number of benzene rings is 1. The Kier molecular flexibility index (Phi) is 3.04. The van der Waals surface area contributed by atoms with Gasteiger partial charge >= 0.3 is 6.36 Å². The number of hydrogen-bond acceptors (Lipinski definition) is 3. The maximum atomic E-state index is 11.9. The Morgan fingerprint density at radius 2 is 2.07 bits per heavy atom. The summed E-state index contributed by atoms with van der Waals surface area (Å²) in [4.78, 5) is 0. The number of rotatable bonds is 2. The summed E-state index contributed by atoms with van der Waals surface area (Å²) < 4.78 is 39.6. The van der Waals surface area contributed by atoms with Gasteiger partial charge in [0.05, 0.1) is 12.5 Å². The molecule has 6 heteroatoms. The Hall–Kier alpha value is -1.90. The molecule has 0 saturated heterocycles. The Balaban J connectivity index is 3.03. The first-order valence-corrected chi connectivity index (χ1v) is 3.93. The standard InChI is InChI=1S/C9H7F3N2O/c10-9(11,12)15-8-5-7(14)2-1-6(8)3-4-13/h1-2,5H,3,14H2. The van der Waals surface area contributed by atoms with Crippen LogP contribution in [0.15, 0.2) is 18.2 Å². The second-order valence-electron chi connectivity index (χ2n) is 2.75. The van der Waals surface area contributed by atoms with E-state index in [1.54, 1.807) is 6.07 Å². The normalized spacial score (nSPS) is 10.8. The summed E-state index contributed by atoms with van der Waals surface area (Å²) in [6.07, 6.45) is -4.94. The number of ether oxygens (including phenoxy) is 1. The first-order chi connectivity index (χ1) is 6.92. The predicted molar refractivity (Wildman–Crippen MR) is 46.9 cm³/mol. The third-order valence-corrected chi connectivity index (χ3v) is 1.59. The average molecular weight is 216 g/mol. The molecule has 0 heterocycles. The highest BCUT2D eigenvalue weighted by Crippen LogP contribution is 2.28. The molecule has 0 radical (unpaired) electrons. The fraction of sp³-hybridized carbons (Fsp3) is 0.222. The number of hydrogen-bond donors (Lipinski definition) is 1. The van der Waals surface area contributed by atoms with Crippen LogP contribution < -0.4 is 10.5 Å². The van der Waals surface area contributed by atoms with E-state index >= 15 is 0 Å². The van der Waals surface area contributed by atoms with Crippen LogP contribution in [-0.4, -0.2) is 6.36 Å². The molecule has 0 amide bonds. The Bertz CT molecular complexity index is 395. The molecule has 2 N–H and O–H groups in total. The van der Waals surface area contributed by atoms with Crippen LogP contribution in [0.5, 0.6) is 5.75 Å². The molecule has 0 fully saturated rings. The van der Waals surface area contributed by atoms with Crippen LogP contribution in [-0.2, 0) is 6.42 Å². The molecule has 1 rings (SSSR count). The van der Waals surface area contributed by atoms with Crippen molar-refractivity contribution in [2.75, 3.05) is 5.73 Å². The SMILES string of the molecule is N#CCc1ccc(N)cc1OC(F)(F)F. The van der Waals surface area contributed by atoms with Gasteiger partial charge in [0.15, 0.2) is 0 Å². The zero-order valence-corrected chi connectivity index (χ0v) is 7.51. The van der Waals surface area contributed by atoms with Crippen molar-refractivity contribution in [3.63, 3.8) is 0 Å². The van der Waals surface area contributed by atoms with E-state index in [-0.39, 0.29) is 17.7 Å². The van der Waals surface area contributed by atoms with E-state index in [9.17, 15) is 13.2 Å². The first kappa shape index (κ1) is 11.2. The summed E-state index contributed by atoms with van der Waals surface area (Å²) in [5.41, 5.74) is 5.62. The summed E-state index contributed by atoms with van der Waals surface area (Å²) in [6, 6.07) is 5.53. The van der Waals surface area contributed by atoms with Gasteiger partial charge in [-0.3, -0.25) is 0 Å². The highest BCUT2D eigenvalue weighted by molar-refractivity contribution is 5.49. The molecule has 0 aliphatic rings. The fourth-order valence-electron chi connectivity index (χ4n) is 1.02. The minimum absolute atomic E-state index is 0.149. The molecule has 15 heavy (non-hydrogen) atoms. The van der Waals surface area contributed by atoms with E-state index in [2.05, 4.69) is 4.74 Å². The van der Waals surface area contributed by atoms with Gasteiger partial charge in [-0.25, -0.2) is 0 Å². The predicted octanol–water partition coefficient (Wildman–Crippen LogP) is 2.23. The van der Waals surface area contributed by atoms with Crippen LogP contribution in [0.1, 0.15) is 5.56 Å². The van der Waals surface area contributed by atoms with Crippen molar-refractivity contribution in [3.8, 4) is 11.8 Å². The van der Waals surface area contributed by atoms with E-state index in [4.69, 9.17) is 11.0 Å². The quantitative estimate of drug-likeness (QED) is 0.771. The largest absolute Gasteiger partial charge is 0.573 e. The van der Waals surface area contributed by atoms with Crippen LogP contribution in [0.25, 0.3) is 0 Å². The van der Waals surface area contributed by atoms with Crippen molar-refractivity contribution < 1.29 is 17.9 Å². The molecule has 0 spiro atoms. The van der Waals surface area contributed by atoms with E-state index in [1.165, 1.54) is 12.1 Å². The smallest absolute Gasteiger partial charge is 0.405 e. The van der Waals surface area contributed by atoms with Crippen molar-refractivity contribution >= 4 is 5.69 Å². The summed E-state index contributed by atoms with van der Waals surface area (Å²) in [5.74, 6) is -0.427. The number of nitriles is 1. The van der Waals surface area contributed by atoms with Crippen LogP contribution in [0, 0.1) is 11.3 Å². The molecule has 1 aromatic rings. The lowest BCUT2D eigenvalue weighted by Gasteiger charge is -2.12. The van der Waals surface area contributed by atoms with Crippen molar-refractivity contribution in [2.45, 2.75) is 12.8 Å². The second-order valence-corrected chi connectivity index (χ2v) is 2.75. The average Bonchev–Trinajstić information content (AvgIpc) is 2.07. The summed E-state index contributed by atoms with van der Waals surface area (Å²) in [6.45, 7) is 0. The zero-order valence-electron chi connectivity index (χ0n) is 7.51. The van der Waals surface area contributed by atoms with Gasteiger partial charge in [0.2, 0.25) is 0 Å². The number of nitrogen functional groups attached to an aromatic ring is 1. The van der Waals surface area contributed by atoms with Gasteiger partial charge in [0, 0.05) is 17.3 Å². The van der Waals surface area contributed by atoms with Gasteiger partial charge < -0.3 is 10.5 Å². The summed E-state index contributed by atoms with van der Waals surface area (Å²) in [7, 11) is 0. The number of anilines is 1. The Morgan fingerprint density at radius 3 is 2.60 bits per heavy atom. The van der Waals surface area contributed by atoms with E-state index in [1.807, 2.05) is 0 Å². The number of nitrogens with two attached hydrogens (primary N) is 1. The third kappa shape index (κ3) is 3.38. The van der Waals surface area contributed by atoms with Gasteiger partial charge in [-0.05, 0) is 6.07 Å². The minimum atomic E-state index is -4.78. The lowest BCUT2D eigenvalue weighted by molar-refractivity contribution is -0.274. The maximum absolute atomic E-state index is 11.9. The van der Waals surface area contributed by atoms with Crippen LogP contribution in [0.4, 0.5) is 18.9 Å². The molecular weight excluding hydrogens is 209 g/mol. The molecule has 0 atom stereocenters. The van der Waals surface area contributed by atoms with E-state index in [0.29, 0.717) is 0 Å². The van der Waals surface area contributed by atoms with Gasteiger partial charge in [-0.15, -0.1) is 13.2 Å². The van der Waals surface area contributed by atoms with Gasteiger partial charge in [0.1, 0.15) is 5.75 Å². The molecule has 0 unspecified atom stereocenters. The lowest BCUT2D eigenvalue weighted by atomic mass is 10.1.